The molecule has 1 aliphatic carbocycles. The van der Waals surface area contributed by atoms with Crippen molar-refractivity contribution in [1.82, 2.24) is 14.8 Å². The predicted octanol–water partition coefficient (Wildman–Crippen LogP) is 6.02. The molecule has 0 saturated carbocycles. The largest absolute Gasteiger partial charge is 0.328 e. The number of rotatable bonds is 4. The maximum Gasteiger partial charge on any atom is 0.227 e. The van der Waals surface area contributed by atoms with Crippen LogP contribution < -0.4 is 5.32 Å². The van der Waals surface area contributed by atoms with Crippen molar-refractivity contribution in [1.29, 1.82) is 0 Å². The fourth-order valence-electron chi connectivity index (χ4n) is 4.36. The summed E-state index contributed by atoms with van der Waals surface area (Å²) in [6.07, 6.45) is 1.24. The Kier molecular flexibility index (Phi) is 5.34. The minimum Gasteiger partial charge on any atom is -0.328 e. The molecule has 0 bridgehead atoms. The average molecular weight is 469 g/mol. The standard InChI is InChI=1S/C24H22ClFN4OS/c1-24(2)11-18-20(19(31)12-24)21(14-7-9-16(25)10-8-14)30-22(27-18)28-23(29-30)32-13-15-5-3-4-6-17(15)26/h3-10,21H,11-13H2,1-2H3,(H,27,28,29)/t21-/m1/s1. The van der Waals surface area contributed by atoms with Gasteiger partial charge >= 0.3 is 0 Å². The SMILES string of the molecule is CC1(C)CC(=O)C2=C(C1)Nc1nc(SCc3ccccc3F)nn1[C@@H]2c1ccc(Cl)cc1. The molecule has 164 valence electrons. The smallest absolute Gasteiger partial charge is 0.227 e. The molecule has 8 heteroatoms. The maximum absolute atomic E-state index is 14.0. The first-order chi connectivity index (χ1) is 15.3. The Morgan fingerprint density at radius 3 is 2.69 bits per heavy atom. The quantitative estimate of drug-likeness (QED) is 0.474. The number of thioether (sulfide) groups is 1. The first kappa shape index (κ1) is 21.2. The topological polar surface area (TPSA) is 59.8 Å². The first-order valence-corrected chi connectivity index (χ1v) is 11.8. The molecule has 1 N–H and O–H groups in total. The molecule has 0 fully saturated rings. The molecule has 2 heterocycles. The lowest BCUT2D eigenvalue weighted by molar-refractivity contribution is -0.118. The number of nitrogens with zero attached hydrogens (tertiary/aromatic N) is 3. The molecule has 5 rings (SSSR count). The van der Waals surface area contributed by atoms with Crippen LogP contribution in [-0.4, -0.2) is 20.5 Å². The van der Waals surface area contributed by atoms with E-state index in [0.717, 1.165) is 23.3 Å². The Hall–Kier alpha value is -2.64. The number of ketones is 1. The molecule has 0 spiro atoms. The van der Waals surface area contributed by atoms with Crippen molar-refractivity contribution in [3.63, 3.8) is 0 Å². The average Bonchev–Trinajstić information content (AvgIpc) is 3.14. The van der Waals surface area contributed by atoms with E-state index in [9.17, 15) is 9.18 Å². The van der Waals surface area contributed by atoms with Crippen molar-refractivity contribution in [2.45, 2.75) is 43.6 Å². The van der Waals surface area contributed by atoms with E-state index in [-0.39, 0.29) is 23.1 Å². The Balaban J connectivity index is 1.53. The van der Waals surface area contributed by atoms with Crippen LogP contribution in [0.1, 0.15) is 43.9 Å². The van der Waals surface area contributed by atoms with Crippen LogP contribution in [0, 0.1) is 11.2 Å². The predicted molar refractivity (Wildman–Crippen MR) is 124 cm³/mol. The molecule has 3 aromatic rings. The molecular weight excluding hydrogens is 447 g/mol. The van der Waals surface area contributed by atoms with Crippen molar-refractivity contribution in [3.05, 3.63) is 81.8 Å². The van der Waals surface area contributed by atoms with Gasteiger partial charge in [-0.05, 0) is 41.2 Å². The zero-order valence-electron chi connectivity index (χ0n) is 17.7. The Bertz CT molecular complexity index is 1240. The Morgan fingerprint density at radius 2 is 1.94 bits per heavy atom. The number of aromatic nitrogens is 3. The van der Waals surface area contributed by atoms with Crippen LogP contribution >= 0.6 is 23.4 Å². The third kappa shape index (κ3) is 3.95. The van der Waals surface area contributed by atoms with Crippen LogP contribution in [0.5, 0.6) is 0 Å². The lowest BCUT2D eigenvalue weighted by atomic mass is 9.73. The number of fused-ring (bicyclic) bond motifs is 1. The van der Waals surface area contributed by atoms with E-state index in [4.69, 9.17) is 16.7 Å². The van der Waals surface area contributed by atoms with Crippen LogP contribution in [0.4, 0.5) is 10.3 Å². The summed E-state index contributed by atoms with van der Waals surface area (Å²) >= 11 is 7.48. The van der Waals surface area contributed by atoms with Crippen molar-refractivity contribution in [2.24, 2.45) is 5.41 Å². The Labute approximate surface area is 195 Å². The van der Waals surface area contributed by atoms with E-state index in [1.807, 2.05) is 30.3 Å². The van der Waals surface area contributed by atoms with E-state index in [1.54, 1.807) is 16.8 Å². The molecule has 5 nitrogen and oxygen atoms in total. The summed E-state index contributed by atoms with van der Waals surface area (Å²) in [5.41, 5.74) is 3.03. The van der Waals surface area contributed by atoms with Gasteiger partial charge in [-0.3, -0.25) is 4.79 Å². The number of anilines is 1. The zero-order chi connectivity index (χ0) is 22.5. The summed E-state index contributed by atoms with van der Waals surface area (Å²) in [6.45, 7) is 4.20. The number of hydrogen-bond donors (Lipinski definition) is 1. The van der Waals surface area contributed by atoms with Gasteiger partial charge in [0.25, 0.3) is 0 Å². The van der Waals surface area contributed by atoms with Gasteiger partial charge in [0.05, 0.1) is 0 Å². The van der Waals surface area contributed by atoms with Gasteiger partial charge in [0, 0.05) is 28.5 Å². The van der Waals surface area contributed by atoms with E-state index >= 15 is 0 Å². The van der Waals surface area contributed by atoms with Crippen LogP contribution in [0.15, 0.2) is 65.0 Å². The van der Waals surface area contributed by atoms with Crippen LogP contribution in [0.25, 0.3) is 0 Å². The van der Waals surface area contributed by atoms with Crippen molar-refractivity contribution >= 4 is 35.1 Å². The van der Waals surface area contributed by atoms with E-state index < -0.39 is 0 Å². The molecule has 1 atom stereocenters. The van der Waals surface area contributed by atoms with E-state index in [0.29, 0.717) is 33.9 Å². The summed E-state index contributed by atoms with van der Waals surface area (Å²) in [5.74, 6) is 0.877. The summed E-state index contributed by atoms with van der Waals surface area (Å²) < 4.78 is 15.8. The second-order valence-electron chi connectivity index (χ2n) is 8.95. The first-order valence-electron chi connectivity index (χ1n) is 10.4. The molecule has 2 aromatic carbocycles. The van der Waals surface area contributed by atoms with Gasteiger partial charge in [0.15, 0.2) is 5.78 Å². The third-order valence-electron chi connectivity index (χ3n) is 5.81. The number of allylic oxidation sites excluding steroid dienone is 2. The fraction of sp³-hybridized carbons (Fsp3) is 0.292. The van der Waals surface area contributed by atoms with Gasteiger partial charge in [-0.2, -0.15) is 4.98 Å². The summed E-state index contributed by atoms with van der Waals surface area (Å²) in [5, 5.41) is 9.22. The van der Waals surface area contributed by atoms with Crippen LogP contribution in [-0.2, 0) is 10.5 Å². The third-order valence-corrected chi connectivity index (χ3v) is 6.95. The minimum absolute atomic E-state index is 0.116. The number of nitrogens with one attached hydrogen (secondary N) is 1. The molecule has 1 aliphatic heterocycles. The monoisotopic (exact) mass is 468 g/mol. The Morgan fingerprint density at radius 1 is 1.19 bits per heavy atom. The molecule has 0 unspecified atom stereocenters. The number of benzene rings is 2. The molecule has 0 amide bonds. The minimum atomic E-state index is -0.377. The molecule has 2 aliphatic rings. The normalized spacial score (nSPS) is 19.4. The molecule has 32 heavy (non-hydrogen) atoms. The van der Waals surface area contributed by atoms with Crippen molar-refractivity contribution in [2.75, 3.05) is 5.32 Å². The van der Waals surface area contributed by atoms with Gasteiger partial charge in [0.1, 0.15) is 11.9 Å². The number of carbonyl (C=O) groups excluding carboxylic acids is 1. The van der Waals surface area contributed by atoms with E-state index in [1.165, 1.54) is 17.8 Å². The summed E-state index contributed by atoms with van der Waals surface area (Å²) in [6, 6.07) is 13.8. The summed E-state index contributed by atoms with van der Waals surface area (Å²) in [4.78, 5) is 17.9. The van der Waals surface area contributed by atoms with Crippen LogP contribution in [0.2, 0.25) is 5.02 Å². The lowest BCUT2D eigenvalue weighted by Crippen LogP contribution is -2.36. The second kappa shape index (κ2) is 8.05. The fourth-order valence-corrected chi connectivity index (χ4v) is 5.30. The van der Waals surface area contributed by atoms with Gasteiger partial charge in [0.2, 0.25) is 11.1 Å². The van der Waals surface area contributed by atoms with Gasteiger partial charge in [-0.15, -0.1) is 5.10 Å². The number of halogens is 2. The highest BCUT2D eigenvalue weighted by atomic mass is 35.5. The second-order valence-corrected chi connectivity index (χ2v) is 10.3. The highest BCUT2D eigenvalue weighted by Crippen LogP contribution is 2.45. The van der Waals surface area contributed by atoms with Crippen molar-refractivity contribution in [3.8, 4) is 0 Å². The van der Waals surface area contributed by atoms with Crippen LogP contribution in [0.3, 0.4) is 0 Å². The number of carbonyl (C=O) groups is 1. The molecule has 0 saturated heterocycles. The lowest BCUT2D eigenvalue weighted by Gasteiger charge is -2.38. The maximum atomic E-state index is 14.0. The zero-order valence-corrected chi connectivity index (χ0v) is 19.3. The van der Waals surface area contributed by atoms with Gasteiger partial charge < -0.3 is 5.32 Å². The molecule has 1 aromatic heterocycles. The summed E-state index contributed by atoms with van der Waals surface area (Å²) in [7, 11) is 0. The van der Waals surface area contributed by atoms with Crippen molar-refractivity contribution < 1.29 is 9.18 Å². The highest BCUT2D eigenvalue weighted by Gasteiger charge is 2.41. The number of Topliss-reactive ketones (excluding diaryl/α,β-unsaturated/α-hetero) is 1. The van der Waals surface area contributed by atoms with E-state index in [2.05, 4.69) is 24.1 Å². The highest BCUT2D eigenvalue weighted by molar-refractivity contribution is 7.98. The van der Waals surface area contributed by atoms with Gasteiger partial charge in [-0.25, -0.2) is 9.07 Å². The molecular formula is C24H22ClFN4OS. The van der Waals surface area contributed by atoms with Gasteiger partial charge in [-0.1, -0.05) is 67.5 Å². The molecule has 0 radical (unpaired) electrons. The number of hydrogen-bond acceptors (Lipinski definition) is 5.